The number of alkyl halides is 3. The van der Waals surface area contributed by atoms with Crippen molar-refractivity contribution in [3.63, 3.8) is 0 Å². The summed E-state index contributed by atoms with van der Waals surface area (Å²) in [5.74, 6) is -0.221. The fraction of sp³-hybridized carbons (Fsp3) is 0.385. The van der Waals surface area contributed by atoms with Gasteiger partial charge in [-0.05, 0) is 31.0 Å². The van der Waals surface area contributed by atoms with E-state index in [9.17, 15) is 4.79 Å². The van der Waals surface area contributed by atoms with Crippen LogP contribution >= 0.6 is 34.8 Å². The van der Waals surface area contributed by atoms with Crippen LogP contribution in [0.5, 0.6) is 0 Å². The topological polar surface area (TPSA) is 53.5 Å². The lowest BCUT2D eigenvalue weighted by atomic mass is 10.2. The minimum Gasteiger partial charge on any atom is -0.385 e. The van der Waals surface area contributed by atoms with Crippen LogP contribution in [0.1, 0.15) is 18.4 Å². The number of hydrazone groups is 1. The molecule has 7 heteroatoms. The van der Waals surface area contributed by atoms with Crippen molar-refractivity contribution in [2.24, 2.45) is 5.10 Å². The molecule has 0 fully saturated rings. The maximum atomic E-state index is 11.4. The van der Waals surface area contributed by atoms with E-state index in [2.05, 4.69) is 15.8 Å². The van der Waals surface area contributed by atoms with Crippen LogP contribution in [0.3, 0.4) is 0 Å². The van der Waals surface area contributed by atoms with Crippen LogP contribution in [0.25, 0.3) is 0 Å². The normalized spacial score (nSPS) is 11.6. The summed E-state index contributed by atoms with van der Waals surface area (Å²) in [6.45, 7) is 2.73. The van der Waals surface area contributed by atoms with E-state index in [-0.39, 0.29) is 5.91 Å². The molecule has 0 aromatic heterocycles. The molecule has 20 heavy (non-hydrogen) atoms. The Balaban J connectivity index is 2.18. The fourth-order valence-electron chi connectivity index (χ4n) is 1.47. The van der Waals surface area contributed by atoms with Gasteiger partial charge in [-0.2, -0.15) is 5.10 Å². The first-order valence-corrected chi connectivity index (χ1v) is 7.20. The zero-order chi connectivity index (χ0) is 15.0. The average Bonchev–Trinajstić information content (AvgIpc) is 2.33. The highest BCUT2D eigenvalue weighted by molar-refractivity contribution is 6.74. The zero-order valence-electron chi connectivity index (χ0n) is 11.0. The first-order chi connectivity index (χ1) is 9.37. The van der Waals surface area contributed by atoms with Crippen molar-refractivity contribution in [3.8, 4) is 0 Å². The second-order valence-corrected chi connectivity index (χ2v) is 6.60. The summed E-state index contributed by atoms with van der Waals surface area (Å²) in [7, 11) is 0. The summed E-state index contributed by atoms with van der Waals surface area (Å²) in [5, 5.41) is 6.79. The van der Waals surface area contributed by atoms with Gasteiger partial charge < -0.3 is 5.32 Å². The van der Waals surface area contributed by atoms with Gasteiger partial charge in [0.25, 0.3) is 0 Å². The molecule has 1 aromatic rings. The molecule has 0 heterocycles. The predicted molar refractivity (Wildman–Crippen MR) is 85.8 cm³/mol. The third-order valence-corrected chi connectivity index (χ3v) is 2.62. The molecule has 1 rings (SSSR count). The first kappa shape index (κ1) is 17.1. The summed E-state index contributed by atoms with van der Waals surface area (Å²) in [4.78, 5) is 11.4. The van der Waals surface area contributed by atoms with Crippen LogP contribution in [-0.2, 0) is 4.79 Å². The molecular formula is C13H16Cl3N3O. The van der Waals surface area contributed by atoms with Gasteiger partial charge in [-0.25, -0.2) is 5.43 Å². The third kappa shape index (κ3) is 8.25. The Morgan fingerprint density at radius 1 is 1.40 bits per heavy atom. The van der Waals surface area contributed by atoms with Crippen molar-refractivity contribution >= 4 is 52.6 Å². The summed E-state index contributed by atoms with van der Waals surface area (Å²) in [6, 6.07) is 8.04. The van der Waals surface area contributed by atoms with E-state index in [1.807, 2.05) is 31.2 Å². The number of halogens is 3. The van der Waals surface area contributed by atoms with E-state index in [4.69, 9.17) is 34.8 Å². The Hall–Kier alpha value is -0.970. The second-order valence-electron chi connectivity index (χ2n) is 4.23. The summed E-state index contributed by atoms with van der Waals surface area (Å²) in [6.07, 6.45) is 2.07. The molecule has 2 N–H and O–H groups in total. The number of anilines is 1. The van der Waals surface area contributed by atoms with Gasteiger partial charge in [0, 0.05) is 18.7 Å². The number of nitrogens with zero attached hydrogens (tertiary/aromatic N) is 1. The van der Waals surface area contributed by atoms with Crippen molar-refractivity contribution in [2.75, 3.05) is 11.9 Å². The Kier molecular flexibility index (Phi) is 7.13. The number of hydrogen-bond donors (Lipinski definition) is 2. The maximum absolute atomic E-state index is 11.4. The minimum atomic E-state index is -1.60. The Bertz CT molecular complexity index is 472. The van der Waals surface area contributed by atoms with E-state index < -0.39 is 3.79 Å². The van der Waals surface area contributed by atoms with E-state index in [1.165, 1.54) is 5.56 Å². The van der Waals surface area contributed by atoms with E-state index in [1.54, 1.807) is 0 Å². The molecule has 0 saturated heterocycles. The van der Waals surface area contributed by atoms with E-state index in [0.29, 0.717) is 19.4 Å². The van der Waals surface area contributed by atoms with Crippen LogP contribution < -0.4 is 10.7 Å². The number of carbonyl (C=O) groups is 1. The van der Waals surface area contributed by atoms with Crippen LogP contribution in [0.4, 0.5) is 5.69 Å². The molecule has 0 aliphatic rings. The molecule has 0 atom stereocenters. The average molecular weight is 337 g/mol. The smallest absolute Gasteiger partial charge is 0.240 e. The van der Waals surface area contributed by atoms with Gasteiger partial charge in [-0.15, -0.1) is 0 Å². The van der Waals surface area contributed by atoms with Gasteiger partial charge in [0.15, 0.2) is 0 Å². The summed E-state index contributed by atoms with van der Waals surface area (Å²) in [5.41, 5.74) is 4.53. The molecule has 1 amide bonds. The number of rotatable bonds is 6. The highest BCUT2D eigenvalue weighted by Gasteiger charge is 2.15. The van der Waals surface area contributed by atoms with Crippen molar-refractivity contribution in [1.82, 2.24) is 5.43 Å². The van der Waals surface area contributed by atoms with Gasteiger partial charge in [-0.3, -0.25) is 4.79 Å². The van der Waals surface area contributed by atoms with Gasteiger partial charge >= 0.3 is 0 Å². The van der Waals surface area contributed by atoms with Gasteiger partial charge in [-0.1, -0.05) is 46.9 Å². The first-order valence-electron chi connectivity index (χ1n) is 6.07. The van der Waals surface area contributed by atoms with E-state index >= 15 is 0 Å². The molecule has 0 aliphatic heterocycles. The Morgan fingerprint density at radius 3 is 2.80 bits per heavy atom. The van der Waals surface area contributed by atoms with Crippen LogP contribution in [0.15, 0.2) is 29.4 Å². The number of aryl methyl sites for hydroxylation is 1. The van der Waals surface area contributed by atoms with Gasteiger partial charge in [0.2, 0.25) is 9.70 Å². The van der Waals surface area contributed by atoms with Crippen molar-refractivity contribution < 1.29 is 4.79 Å². The highest BCUT2D eigenvalue weighted by Crippen LogP contribution is 2.22. The number of amides is 1. The number of nitrogens with one attached hydrogen (secondary N) is 2. The minimum absolute atomic E-state index is 0.221. The van der Waals surface area contributed by atoms with Crippen LogP contribution in [0.2, 0.25) is 0 Å². The lowest BCUT2D eigenvalue weighted by Gasteiger charge is -2.06. The molecule has 4 nitrogen and oxygen atoms in total. The molecular weight excluding hydrogens is 321 g/mol. The number of carbonyl (C=O) groups excluding carboxylic acids is 1. The monoisotopic (exact) mass is 335 g/mol. The Labute approximate surface area is 133 Å². The standard InChI is InChI=1S/C13H16Cl3N3O/c1-10-4-2-5-11(8-10)17-7-3-6-12(20)19-18-9-13(14,15)16/h2,4-5,8-9,17H,3,6-7H2,1H3,(H,19,20)/b18-9+. The number of hydrogen-bond acceptors (Lipinski definition) is 3. The van der Waals surface area contributed by atoms with E-state index in [0.717, 1.165) is 11.9 Å². The van der Waals surface area contributed by atoms with Crippen molar-refractivity contribution in [3.05, 3.63) is 29.8 Å². The SMILES string of the molecule is Cc1cccc(NCCCC(=O)N/N=C/C(Cl)(Cl)Cl)c1. The lowest BCUT2D eigenvalue weighted by Crippen LogP contribution is -2.20. The zero-order valence-corrected chi connectivity index (χ0v) is 13.3. The summed E-state index contributed by atoms with van der Waals surface area (Å²) >= 11 is 16.3. The molecule has 1 aromatic carbocycles. The lowest BCUT2D eigenvalue weighted by molar-refractivity contribution is -0.121. The molecule has 0 bridgehead atoms. The fourth-order valence-corrected chi connectivity index (χ4v) is 1.62. The molecule has 110 valence electrons. The largest absolute Gasteiger partial charge is 0.385 e. The maximum Gasteiger partial charge on any atom is 0.240 e. The Morgan fingerprint density at radius 2 is 2.15 bits per heavy atom. The van der Waals surface area contributed by atoms with Crippen molar-refractivity contribution in [2.45, 2.75) is 23.6 Å². The number of benzene rings is 1. The van der Waals surface area contributed by atoms with Gasteiger partial charge in [0.1, 0.15) is 0 Å². The summed E-state index contributed by atoms with van der Waals surface area (Å²) < 4.78 is -1.60. The molecule has 0 aliphatic carbocycles. The predicted octanol–water partition coefficient (Wildman–Crippen LogP) is 3.66. The molecule has 0 unspecified atom stereocenters. The van der Waals surface area contributed by atoms with Crippen LogP contribution in [-0.4, -0.2) is 22.5 Å². The highest BCUT2D eigenvalue weighted by atomic mass is 35.6. The van der Waals surface area contributed by atoms with Crippen LogP contribution in [0, 0.1) is 6.92 Å². The third-order valence-electron chi connectivity index (χ3n) is 2.33. The second kappa shape index (κ2) is 8.35. The molecule has 0 spiro atoms. The quantitative estimate of drug-likeness (QED) is 0.360. The molecule has 0 saturated carbocycles. The molecule has 0 radical (unpaired) electrons. The van der Waals surface area contributed by atoms with Crippen molar-refractivity contribution in [1.29, 1.82) is 0 Å². The van der Waals surface area contributed by atoms with Gasteiger partial charge in [0.05, 0.1) is 6.21 Å².